The van der Waals surface area contributed by atoms with Crippen LogP contribution < -0.4 is 5.32 Å². The van der Waals surface area contributed by atoms with Gasteiger partial charge in [0.1, 0.15) is 0 Å². The number of hydrogen-bond donors (Lipinski definition) is 1. The number of thioether (sulfide) groups is 1. The Hall–Kier alpha value is 0.270. The van der Waals surface area contributed by atoms with Gasteiger partial charge in [0.2, 0.25) is 0 Å². The van der Waals surface area contributed by atoms with Gasteiger partial charge in [-0.1, -0.05) is 13.8 Å². The summed E-state index contributed by atoms with van der Waals surface area (Å²) in [6.07, 6.45) is 2.75. The van der Waals surface area contributed by atoms with E-state index in [4.69, 9.17) is 0 Å². The summed E-state index contributed by atoms with van der Waals surface area (Å²) in [6, 6.07) is 1.39. The zero-order valence-corrected chi connectivity index (χ0v) is 11.4. The molecule has 0 saturated carbocycles. The van der Waals surface area contributed by atoms with Crippen LogP contribution in [-0.2, 0) is 0 Å². The van der Waals surface area contributed by atoms with Crippen molar-refractivity contribution in [2.45, 2.75) is 38.8 Å². The Morgan fingerprint density at radius 2 is 2.13 bits per heavy atom. The molecule has 0 aromatic rings. The fraction of sp³-hybridized carbons (Fsp3) is 1.00. The molecule has 2 atom stereocenters. The van der Waals surface area contributed by atoms with Crippen molar-refractivity contribution in [3.63, 3.8) is 0 Å². The number of nitrogens with zero attached hydrogens (tertiary/aromatic N) is 1. The molecule has 0 aromatic heterocycles. The molecule has 3 heteroatoms. The molecule has 2 unspecified atom stereocenters. The zero-order valence-electron chi connectivity index (χ0n) is 10.6. The molecule has 1 aliphatic heterocycles. The van der Waals surface area contributed by atoms with Crippen molar-refractivity contribution in [2.24, 2.45) is 5.92 Å². The lowest BCUT2D eigenvalue weighted by atomic mass is 10.0. The zero-order chi connectivity index (χ0) is 11.3. The lowest BCUT2D eigenvalue weighted by molar-refractivity contribution is 0.269. The van der Waals surface area contributed by atoms with Crippen LogP contribution in [-0.4, -0.2) is 49.1 Å². The first-order valence-electron chi connectivity index (χ1n) is 6.08. The van der Waals surface area contributed by atoms with Gasteiger partial charge in [0.15, 0.2) is 0 Å². The van der Waals surface area contributed by atoms with Crippen LogP contribution >= 0.6 is 11.8 Å². The van der Waals surface area contributed by atoms with E-state index >= 15 is 0 Å². The van der Waals surface area contributed by atoms with Gasteiger partial charge in [0, 0.05) is 24.4 Å². The third-order valence-corrected chi connectivity index (χ3v) is 4.19. The summed E-state index contributed by atoms with van der Waals surface area (Å²) in [5.74, 6) is 3.38. The molecule has 0 spiro atoms. The predicted molar refractivity (Wildman–Crippen MR) is 70.7 cm³/mol. The van der Waals surface area contributed by atoms with Crippen molar-refractivity contribution in [1.82, 2.24) is 10.2 Å². The summed E-state index contributed by atoms with van der Waals surface area (Å²) in [7, 11) is 4.32. The molecule has 1 saturated heterocycles. The average Bonchev–Trinajstić information content (AvgIpc) is 2.17. The van der Waals surface area contributed by atoms with Crippen LogP contribution in [0.15, 0.2) is 0 Å². The standard InChI is InChI=1S/C12H26N2S/c1-10(2)12(8-14(3)4)13-11-6-5-7-15-9-11/h10-13H,5-9H2,1-4H3. The summed E-state index contributed by atoms with van der Waals surface area (Å²) >= 11 is 2.10. The van der Waals surface area contributed by atoms with Gasteiger partial charge in [0.05, 0.1) is 0 Å². The minimum absolute atomic E-state index is 0.642. The van der Waals surface area contributed by atoms with Gasteiger partial charge >= 0.3 is 0 Å². The first-order valence-corrected chi connectivity index (χ1v) is 7.23. The van der Waals surface area contributed by atoms with Crippen LogP contribution in [0.25, 0.3) is 0 Å². The summed E-state index contributed by atoms with van der Waals surface area (Å²) in [5.41, 5.74) is 0. The van der Waals surface area contributed by atoms with Crippen molar-refractivity contribution in [3.8, 4) is 0 Å². The van der Waals surface area contributed by atoms with Crippen LogP contribution in [0.5, 0.6) is 0 Å². The minimum atomic E-state index is 0.642. The van der Waals surface area contributed by atoms with Crippen molar-refractivity contribution in [1.29, 1.82) is 0 Å². The summed E-state index contributed by atoms with van der Waals surface area (Å²) in [4.78, 5) is 2.29. The topological polar surface area (TPSA) is 15.3 Å². The molecule has 1 rings (SSSR count). The highest BCUT2D eigenvalue weighted by Crippen LogP contribution is 2.18. The molecule has 2 nitrogen and oxygen atoms in total. The lowest BCUT2D eigenvalue weighted by Gasteiger charge is -2.32. The number of nitrogens with one attached hydrogen (secondary N) is 1. The molecule has 0 aliphatic carbocycles. The normalized spacial score (nSPS) is 24.8. The number of hydrogen-bond acceptors (Lipinski definition) is 3. The summed E-state index contributed by atoms with van der Waals surface area (Å²) in [5, 5.41) is 3.82. The lowest BCUT2D eigenvalue weighted by Crippen LogP contribution is -2.48. The first kappa shape index (κ1) is 13.3. The van der Waals surface area contributed by atoms with Gasteiger partial charge in [-0.05, 0) is 38.6 Å². The third-order valence-electron chi connectivity index (χ3n) is 2.98. The van der Waals surface area contributed by atoms with E-state index in [0.29, 0.717) is 6.04 Å². The van der Waals surface area contributed by atoms with Crippen LogP contribution in [0.2, 0.25) is 0 Å². The Kier molecular flexibility index (Phi) is 6.02. The monoisotopic (exact) mass is 230 g/mol. The molecule has 90 valence electrons. The van der Waals surface area contributed by atoms with E-state index in [1.54, 1.807) is 0 Å². The van der Waals surface area contributed by atoms with E-state index < -0.39 is 0 Å². The van der Waals surface area contributed by atoms with Crippen molar-refractivity contribution < 1.29 is 0 Å². The predicted octanol–water partition coefficient (Wildman–Crippen LogP) is 2.06. The molecular weight excluding hydrogens is 204 g/mol. The molecule has 15 heavy (non-hydrogen) atoms. The number of rotatable bonds is 5. The maximum atomic E-state index is 3.82. The molecule has 0 radical (unpaired) electrons. The Morgan fingerprint density at radius 3 is 2.60 bits per heavy atom. The molecule has 1 N–H and O–H groups in total. The van der Waals surface area contributed by atoms with E-state index in [-0.39, 0.29) is 0 Å². The second-order valence-corrected chi connectivity index (χ2v) is 6.34. The second-order valence-electron chi connectivity index (χ2n) is 5.19. The first-order chi connectivity index (χ1) is 7.09. The van der Waals surface area contributed by atoms with Gasteiger partial charge in [0.25, 0.3) is 0 Å². The van der Waals surface area contributed by atoms with E-state index in [9.17, 15) is 0 Å². The molecule has 1 aliphatic rings. The van der Waals surface area contributed by atoms with Crippen LogP contribution in [0.1, 0.15) is 26.7 Å². The van der Waals surface area contributed by atoms with Crippen LogP contribution in [0, 0.1) is 5.92 Å². The highest BCUT2D eigenvalue weighted by atomic mass is 32.2. The minimum Gasteiger partial charge on any atom is -0.309 e. The van der Waals surface area contributed by atoms with E-state index in [1.165, 1.54) is 24.3 Å². The van der Waals surface area contributed by atoms with E-state index in [2.05, 4.69) is 49.9 Å². The summed E-state index contributed by atoms with van der Waals surface area (Å²) in [6.45, 7) is 5.78. The van der Waals surface area contributed by atoms with Gasteiger partial charge in [-0.25, -0.2) is 0 Å². The smallest absolute Gasteiger partial charge is 0.0220 e. The van der Waals surface area contributed by atoms with Gasteiger partial charge < -0.3 is 10.2 Å². The Bertz CT molecular complexity index is 165. The highest BCUT2D eigenvalue weighted by molar-refractivity contribution is 7.99. The Balaban J connectivity index is 2.35. The fourth-order valence-electron chi connectivity index (χ4n) is 2.02. The SMILES string of the molecule is CC(C)C(CN(C)C)NC1CCCSC1. The maximum absolute atomic E-state index is 3.82. The average molecular weight is 230 g/mol. The molecule has 1 fully saturated rings. The van der Waals surface area contributed by atoms with Crippen molar-refractivity contribution in [2.75, 3.05) is 32.1 Å². The largest absolute Gasteiger partial charge is 0.309 e. The molecule has 0 aromatic carbocycles. The fourth-order valence-corrected chi connectivity index (χ4v) is 3.11. The third kappa shape index (κ3) is 5.23. The van der Waals surface area contributed by atoms with Gasteiger partial charge in [-0.2, -0.15) is 11.8 Å². The van der Waals surface area contributed by atoms with Crippen molar-refractivity contribution >= 4 is 11.8 Å². The molecule has 1 heterocycles. The van der Waals surface area contributed by atoms with Crippen LogP contribution in [0.4, 0.5) is 0 Å². The molecule has 0 bridgehead atoms. The second kappa shape index (κ2) is 6.77. The van der Waals surface area contributed by atoms with Crippen molar-refractivity contribution in [3.05, 3.63) is 0 Å². The Labute approximate surface area is 99.2 Å². The van der Waals surface area contributed by atoms with E-state index in [0.717, 1.165) is 18.5 Å². The number of likely N-dealkylation sites (N-methyl/N-ethyl adjacent to an activating group) is 1. The quantitative estimate of drug-likeness (QED) is 0.778. The summed E-state index contributed by atoms with van der Waals surface area (Å²) < 4.78 is 0. The van der Waals surface area contributed by atoms with Gasteiger partial charge in [-0.3, -0.25) is 0 Å². The van der Waals surface area contributed by atoms with E-state index in [1.807, 2.05) is 0 Å². The maximum Gasteiger partial charge on any atom is 0.0220 e. The highest BCUT2D eigenvalue weighted by Gasteiger charge is 2.20. The Morgan fingerprint density at radius 1 is 1.40 bits per heavy atom. The van der Waals surface area contributed by atoms with Gasteiger partial charge in [-0.15, -0.1) is 0 Å². The van der Waals surface area contributed by atoms with Crippen LogP contribution in [0.3, 0.4) is 0 Å². The molecule has 0 amide bonds. The molecular formula is C12H26N2S.